The average Bonchev–Trinajstić information content (AvgIpc) is 2.41. The van der Waals surface area contributed by atoms with E-state index in [4.69, 9.17) is 0 Å². The molecule has 0 aromatic heterocycles. The third-order valence-corrected chi connectivity index (χ3v) is 4.12. The van der Waals surface area contributed by atoms with Crippen LogP contribution in [0.5, 0.6) is 0 Å². The summed E-state index contributed by atoms with van der Waals surface area (Å²) in [7, 11) is 0. The molecule has 0 aliphatic carbocycles. The van der Waals surface area contributed by atoms with E-state index in [0.29, 0.717) is 17.6 Å². The molecule has 0 bridgehead atoms. The van der Waals surface area contributed by atoms with Crippen LogP contribution >= 0.6 is 0 Å². The van der Waals surface area contributed by atoms with E-state index in [0.717, 1.165) is 25.9 Å². The summed E-state index contributed by atoms with van der Waals surface area (Å²) in [4.78, 5) is 2.27. The first-order chi connectivity index (χ1) is 9.52. The average molecular weight is 282 g/mol. The van der Waals surface area contributed by atoms with Crippen molar-refractivity contribution in [2.75, 3.05) is 13.1 Å². The van der Waals surface area contributed by atoms with E-state index in [1.807, 2.05) is 0 Å². The lowest BCUT2D eigenvalue weighted by Crippen LogP contribution is -2.47. The number of halogens is 2. The lowest BCUT2D eigenvalue weighted by molar-refractivity contribution is 0.0905. The van der Waals surface area contributed by atoms with E-state index < -0.39 is 0 Å². The highest BCUT2D eigenvalue weighted by Crippen LogP contribution is 2.34. The number of piperidine rings is 1. The fraction of sp³-hybridized carbons (Fsp3) is 0.625. The molecule has 20 heavy (non-hydrogen) atoms. The van der Waals surface area contributed by atoms with Gasteiger partial charge in [-0.05, 0) is 51.4 Å². The van der Waals surface area contributed by atoms with Gasteiger partial charge in [0.15, 0.2) is 0 Å². The van der Waals surface area contributed by atoms with Gasteiger partial charge in [0.1, 0.15) is 11.6 Å². The standard InChI is InChI=1S/C16H24F2N2/c1-4-19-13-7-8-20(11(2)3)16(10-13)14-9-12(17)5-6-15(14)18/h5-6,9,11,13,16,19H,4,7-8,10H2,1-3H3/t13-,16+/m1/s1. The number of hydrogen-bond donors (Lipinski definition) is 1. The third-order valence-electron chi connectivity index (χ3n) is 4.12. The Morgan fingerprint density at radius 1 is 1.35 bits per heavy atom. The fourth-order valence-electron chi connectivity index (χ4n) is 3.15. The minimum atomic E-state index is -0.365. The van der Waals surface area contributed by atoms with Gasteiger partial charge in [-0.15, -0.1) is 0 Å². The van der Waals surface area contributed by atoms with Gasteiger partial charge in [-0.25, -0.2) is 8.78 Å². The van der Waals surface area contributed by atoms with Crippen molar-refractivity contribution in [2.24, 2.45) is 0 Å². The van der Waals surface area contributed by atoms with Gasteiger partial charge in [0.25, 0.3) is 0 Å². The highest BCUT2D eigenvalue weighted by Gasteiger charge is 2.32. The van der Waals surface area contributed by atoms with E-state index in [-0.39, 0.29) is 17.7 Å². The van der Waals surface area contributed by atoms with Crippen LogP contribution in [0.4, 0.5) is 8.78 Å². The van der Waals surface area contributed by atoms with Crippen LogP contribution in [0.1, 0.15) is 45.2 Å². The molecule has 1 saturated heterocycles. The summed E-state index contributed by atoms with van der Waals surface area (Å²) in [5.41, 5.74) is 0.487. The summed E-state index contributed by atoms with van der Waals surface area (Å²) in [6.45, 7) is 8.11. The van der Waals surface area contributed by atoms with Crippen molar-refractivity contribution in [1.29, 1.82) is 0 Å². The Labute approximate surface area is 120 Å². The molecule has 1 N–H and O–H groups in total. The zero-order valence-corrected chi connectivity index (χ0v) is 12.5. The van der Waals surface area contributed by atoms with E-state index in [1.165, 1.54) is 18.2 Å². The molecule has 1 aromatic carbocycles. The molecule has 4 heteroatoms. The van der Waals surface area contributed by atoms with E-state index >= 15 is 0 Å². The van der Waals surface area contributed by atoms with Gasteiger partial charge in [0.2, 0.25) is 0 Å². The second-order valence-corrected chi connectivity index (χ2v) is 5.79. The summed E-state index contributed by atoms with van der Waals surface area (Å²) in [6.07, 6.45) is 1.88. The number of nitrogens with zero attached hydrogens (tertiary/aromatic N) is 1. The molecule has 1 aromatic rings. The van der Waals surface area contributed by atoms with Crippen LogP contribution in [0.2, 0.25) is 0 Å². The maximum atomic E-state index is 14.1. The first kappa shape index (κ1) is 15.4. The Morgan fingerprint density at radius 3 is 2.75 bits per heavy atom. The van der Waals surface area contributed by atoms with Crippen LogP contribution in [-0.4, -0.2) is 30.1 Å². The third kappa shape index (κ3) is 3.36. The van der Waals surface area contributed by atoms with Crippen molar-refractivity contribution in [2.45, 2.75) is 51.7 Å². The monoisotopic (exact) mass is 282 g/mol. The van der Waals surface area contributed by atoms with Gasteiger partial charge < -0.3 is 5.32 Å². The molecule has 1 aliphatic heterocycles. The number of likely N-dealkylation sites (tertiary alicyclic amines) is 1. The molecule has 0 saturated carbocycles. The molecular weight excluding hydrogens is 258 g/mol. The van der Waals surface area contributed by atoms with Crippen LogP contribution in [0.3, 0.4) is 0 Å². The number of nitrogens with one attached hydrogen (secondary N) is 1. The number of benzene rings is 1. The predicted octanol–water partition coefficient (Wildman–Crippen LogP) is 3.49. The van der Waals surface area contributed by atoms with Crippen molar-refractivity contribution < 1.29 is 8.78 Å². The van der Waals surface area contributed by atoms with Crippen LogP contribution in [-0.2, 0) is 0 Å². The zero-order valence-electron chi connectivity index (χ0n) is 12.5. The second-order valence-electron chi connectivity index (χ2n) is 5.79. The smallest absolute Gasteiger partial charge is 0.128 e. The van der Waals surface area contributed by atoms with Crippen molar-refractivity contribution in [3.05, 3.63) is 35.4 Å². The van der Waals surface area contributed by atoms with E-state index in [2.05, 4.69) is 31.0 Å². The molecule has 0 amide bonds. The van der Waals surface area contributed by atoms with Gasteiger partial charge in [-0.2, -0.15) is 0 Å². The normalized spacial score (nSPS) is 24.3. The van der Waals surface area contributed by atoms with Crippen molar-refractivity contribution in [1.82, 2.24) is 10.2 Å². The first-order valence-electron chi connectivity index (χ1n) is 7.47. The quantitative estimate of drug-likeness (QED) is 0.909. The first-order valence-corrected chi connectivity index (χ1v) is 7.47. The number of rotatable bonds is 4. The summed E-state index contributed by atoms with van der Waals surface area (Å²) in [5, 5.41) is 3.43. The summed E-state index contributed by atoms with van der Waals surface area (Å²) in [6, 6.07) is 4.42. The van der Waals surface area contributed by atoms with E-state index in [1.54, 1.807) is 0 Å². The molecule has 1 fully saturated rings. The maximum absolute atomic E-state index is 14.1. The lowest BCUT2D eigenvalue weighted by Gasteiger charge is -2.42. The molecule has 2 rings (SSSR count). The van der Waals surface area contributed by atoms with E-state index in [9.17, 15) is 8.78 Å². The Hall–Kier alpha value is -1.00. The molecule has 1 aliphatic rings. The van der Waals surface area contributed by atoms with Gasteiger partial charge in [-0.1, -0.05) is 6.92 Å². The maximum Gasteiger partial charge on any atom is 0.128 e. The zero-order chi connectivity index (χ0) is 14.7. The molecular formula is C16H24F2N2. The highest BCUT2D eigenvalue weighted by atomic mass is 19.1. The largest absolute Gasteiger partial charge is 0.314 e. The van der Waals surface area contributed by atoms with Crippen molar-refractivity contribution >= 4 is 0 Å². The fourth-order valence-corrected chi connectivity index (χ4v) is 3.15. The molecule has 0 unspecified atom stereocenters. The Kier molecular flexibility index (Phi) is 5.11. The number of hydrogen-bond acceptors (Lipinski definition) is 2. The van der Waals surface area contributed by atoms with Crippen molar-refractivity contribution in [3.8, 4) is 0 Å². The van der Waals surface area contributed by atoms with Crippen molar-refractivity contribution in [3.63, 3.8) is 0 Å². The van der Waals surface area contributed by atoms with Crippen LogP contribution in [0.25, 0.3) is 0 Å². The topological polar surface area (TPSA) is 15.3 Å². The van der Waals surface area contributed by atoms with Gasteiger partial charge in [0, 0.05) is 30.2 Å². The Morgan fingerprint density at radius 2 is 2.10 bits per heavy atom. The summed E-state index contributed by atoms with van der Waals surface area (Å²) >= 11 is 0. The van der Waals surface area contributed by atoms with Gasteiger partial charge in [0.05, 0.1) is 0 Å². The molecule has 1 heterocycles. The molecule has 0 radical (unpaired) electrons. The minimum absolute atomic E-state index is 0.0523. The minimum Gasteiger partial charge on any atom is -0.314 e. The Bertz CT molecular complexity index is 448. The Balaban J connectivity index is 2.28. The second kappa shape index (κ2) is 6.64. The molecule has 2 nitrogen and oxygen atoms in total. The molecule has 112 valence electrons. The molecule has 0 spiro atoms. The van der Waals surface area contributed by atoms with Gasteiger partial charge in [-0.3, -0.25) is 4.90 Å². The highest BCUT2D eigenvalue weighted by molar-refractivity contribution is 5.23. The SMILES string of the molecule is CCN[C@@H]1CCN(C(C)C)[C@H](c2cc(F)ccc2F)C1. The predicted molar refractivity (Wildman–Crippen MR) is 77.6 cm³/mol. The van der Waals surface area contributed by atoms with Crippen LogP contribution in [0, 0.1) is 11.6 Å². The molecule has 2 atom stereocenters. The summed E-state index contributed by atoms with van der Waals surface area (Å²) < 4.78 is 27.6. The van der Waals surface area contributed by atoms with Gasteiger partial charge >= 0.3 is 0 Å². The van der Waals surface area contributed by atoms with Crippen LogP contribution < -0.4 is 5.32 Å². The lowest BCUT2D eigenvalue weighted by atomic mass is 9.90. The van der Waals surface area contributed by atoms with Crippen LogP contribution in [0.15, 0.2) is 18.2 Å². The summed E-state index contributed by atoms with van der Waals surface area (Å²) in [5.74, 6) is -0.671.